The van der Waals surface area contributed by atoms with Crippen molar-refractivity contribution >= 4 is 35.0 Å². The van der Waals surface area contributed by atoms with Gasteiger partial charge >= 0.3 is 0 Å². The van der Waals surface area contributed by atoms with Crippen LogP contribution in [-0.4, -0.2) is 35.4 Å². The second-order valence-corrected chi connectivity index (χ2v) is 6.66. The van der Waals surface area contributed by atoms with Gasteiger partial charge < -0.3 is 22.5 Å². The summed E-state index contributed by atoms with van der Waals surface area (Å²) >= 11 is 0. The molecule has 0 fully saturated rings. The van der Waals surface area contributed by atoms with E-state index in [1.165, 1.54) is 0 Å². The summed E-state index contributed by atoms with van der Waals surface area (Å²) in [6.45, 7) is 7.72. The Morgan fingerprint density at radius 3 is 2.26 bits per heavy atom. The Hall–Kier alpha value is -3.23. The van der Waals surface area contributed by atoms with Gasteiger partial charge in [0.05, 0.1) is 0 Å². The number of hydrogen-bond acceptors (Lipinski definition) is 4. The van der Waals surface area contributed by atoms with Crippen molar-refractivity contribution in [2.75, 3.05) is 5.32 Å². The lowest BCUT2D eigenvalue weighted by Gasteiger charge is -2.13. The number of primary amides is 2. The Morgan fingerprint density at radius 2 is 1.78 bits per heavy atom. The zero-order chi connectivity index (χ0) is 20.7. The van der Waals surface area contributed by atoms with Gasteiger partial charge in [-0.3, -0.25) is 15.0 Å². The minimum atomic E-state index is -0.980. The maximum absolute atomic E-state index is 11.5. The summed E-state index contributed by atoms with van der Waals surface area (Å²) in [6.07, 6.45) is 0.402. The van der Waals surface area contributed by atoms with E-state index in [9.17, 15) is 9.59 Å². The van der Waals surface area contributed by atoms with Crippen molar-refractivity contribution < 1.29 is 9.59 Å². The molecule has 0 aliphatic carbocycles. The number of nitrogens with zero attached hydrogens (tertiary/aromatic N) is 2. The molecule has 1 aromatic carbocycles. The summed E-state index contributed by atoms with van der Waals surface area (Å²) < 4.78 is 0. The van der Waals surface area contributed by atoms with E-state index in [2.05, 4.69) is 15.3 Å². The number of nitrogens with one attached hydrogen (secondary N) is 2. The van der Waals surface area contributed by atoms with Crippen LogP contribution in [0.2, 0.25) is 0 Å². The molecule has 0 saturated heterocycles. The van der Waals surface area contributed by atoms with Crippen LogP contribution in [-0.2, 0) is 9.59 Å². The van der Waals surface area contributed by atoms with E-state index in [0.29, 0.717) is 12.1 Å². The van der Waals surface area contributed by atoms with Gasteiger partial charge in [0.15, 0.2) is 11.5 Å². The standard InChI is InChI=1S/C18H27N7O2/c1-9(2)7-13(15(20)26)24-18(22)25-17(14(19)16(21)27)23-12-6-5-10(3)11(4)8-12/h5-6,8-9,13,19H,7H2,1-4H3,(H2,20,26)(H2,21,27)(H3,22,23,24,25)/t13-/m1/s1. The molecule has 9 nitrogen and oxygen atoms in total. The number of nitrogens with two attached hydrogens (primary N) is 3. The van der Waals surface area contributed by atoms with Crippen LogP contribution in [0.3, 0.4) is 0 Å². The van der Waals surface area contributed by atoms with E-state index in [1.807, 2.05) is 39.8 Å². The van der Waals surface area contributed by atoms with Crippen LogP contribution in [0.4, 0.5) is 5.69 Å². The first-order chi connectivity index (χ1) is 12.5. The summed E-state index contributed by atoms with van der Waals surface area (Å²) in [5, 5.41) is 10.7. The molecule has 0 heterocycles. The Morgan fingerprint density at radius 1 is 1.15 bits per heavy atom. The molecule has 0 bridgehead atoms. The number of aliphatic imine (C=N–C) groups is 2. The van der Waals surface area contributed by atoms with E-state index >= 15 is 0 Å². The number of hydrogen-bond donors (Lipinski definition) is 5. The zero-order valence-corrected chi connectivity index (χ0v) is 16.0. The van der Waals surface area contributed by atoms with Crippen molar-refractivity contribution in [2.24, 2.45) is 33.1 Å². The van der Waals surface area contributed by atoms with Crippen molar-refractivity contribution in [1.29, 1.82) is 5.41 Å². The third-order valence-electron chi connectivity index (χ3n) is 3.79. The molecular weight excluding hydrogens is 346 g/mol. The van der Waals surface area contributed by atoms with E-state index in [4.69, 9.17) is 22.6 Å². The lowest BCUT2D eigenvalue weighted by atomic mass is 10.0. The van der Waals surface area contributed by atoms with Gasteiger partial charge in [0.1, 0.15) is 6.04 Å². The van der Waals surface area contributed by atoms with Crippen molar-refractivity contribution in [3.05, 3.63) is 29.3 Å². The fourth-order valence-corrected chi connectivity index (χ4v) is 2.20. The van der Waals surface area contributed by atoms with Gasteiger partial charge in [0.2, 0.25) is 11.9 Å². The van der Waals surface area contributed by atoms with Crippen LogP contribution in [0.15, 0.2) is 28.2 Å². The lowest BCUT2D eigenvalue weighted by molar-refractivity contribution is -0.119. The molecule has 1 aromatic rings. The van der Waals surface area contributed by atoms with Gasteiger partial charge in [-0.05, 0) is 49.4 Å². The number of carbonyl (C=O) groups is 2. The number of amides is 2. The maximum Gasteiger partial charge on any atom is 0.270 e. The third-order valence-corrected chi connectivity index (χ3v) is 3.79. The zero-order valence-electron chi connectivity index (χ0n) is 16.0. The van der Waals surface area contributed by atoms with Crippen molar-refractivity contribution in [3.63, 3.8) is 0 Å². The Labute approximate surface area is 158 Å². The molecule has 0 spiro atoms. The Kier molecular flexibility index (Phi) is 7.64. The minimum absolute atomic E-state index is 0.167. The number of rotatable bonds is 7. The van der Waals surface area contributed by atoms with Crippen molar-refractivity contribution in [1.82, 2.24) is 0 Å². The van der Waals surface area contributed by atoms with Gasteiger partial charge in [-0.1, -0.05) is 19.9 Å². The molecule has 0 aliphatic heterocycles. The number of amidine groups is 1. The molecule has 0 radical (unpaired) electrons. The molecule has 1 atom stereocenters. The average Bonchev–Trinajstić information content (AvgIpc) is 2.55. The van der Waals surface area contributed by atoms with E-state index in [-0.39, 0.29) is 17.7 Å². The van der Waals surface area contributed by atoms with Crippen LogP contribution in [0, 0.1) is 25.2 Å². The van der Waals surface area contributed by atoms with Crippen LogP contribution < -0.4 is 22.5 Å². The minimum Gasteiger partial charge on any atom is -0.368 e. The maximum atomic E-state index is 11.5. The van der Waals surface area contributed by atoms with Gasteiger partial charge in [0, 0.05) is 5.69 Å². The lowest BCUT2D eigenvalue weighted by Crippen LogP contribution is -2.36. The number of benzene rings is 1. The van der Waals surface area contributed by atoms with Crippen molar-refractivity contribution in [2.45, 2.75) is 40.2 Å². The number of anilines is 1. The summed E-state index contributed by atoms with van der Waals surface area (Å²) in [4.78, 5) is 31.0. The predicted octanol–water partition coefficient (Wildman–Crippen LogP) is 0.834. The second kappa shape index (κ2) is 9.46. The van der Waals surface area contributed by atoms with Crippen LogP contribution in [0.1, 0.15) is 31.4 Å². The van der Waals surface area contributed by atoms with Gasteiger partial charge in [-0.25, -0.2) is 4.99 Å². The monoisotopic (exact) mass is 373 g/mol. The molecule has 0 unspecified atom stereocenters. The SMILES string of the molecule is Cc1ccc(N/C(=N/C(N)=N[C@H](CC(C)C)C(N)=O)C(=N)C(N)=O)cc1C. The fraction of sp³-hybridized carbons (Fsp3) is 0.389. The summed E-state index contributed by atoms with van der Waals surface area (Å²) in [7, 11) is 0. The summed E-state index contributed by atoms with van der Waals surface area (Å²) in [6, 6.07) is 4.63. The molecule has 27 heavy (non-hydrogen) atoms. The molecule has 8 N–H and O–H groups in total. The van der Waals surface area contributed by atoms with E-state index in [0.717, 1.165) is 11.1 Å². The number of guanidine groups is 1. The molecule has 2 amide bonds. The summed E-state index contributed by atoms with van der Waals surface area (Å²) in [5.74, 6) is -1.89. The smallest absolute Gasteiger partial charge is 0.270 e. The van der Waals surface area contributed by atoms with Gasteiger partial charge in [-0.15, -0.1) is 0 Å². The highest BCUT2D eigenvalue weighted by Crippen LogP contribution is 2.14. The molecule has 146 valence electrons. The normalized spacial score (nSPS) is 13.4. The molecule has 0 aromatic heterocycles. The van der Waals surface area contributed by atoms with E-state index in [1.54, 1.807) is 6.07 Å². The number of carbonyl (C=O) groups excluding carboxylic acids is 2. The molecule has 1 rings (SSSR count). The van der Waals surface area contributed by atoms with Gasteiger partial charge in [-0.2, -0.15) is 4.99 Å². The van der Waals surface area contributed by atoms with Gasteiger partial charge in [0.25, 0.3) is 5.91 Å². The predicted molar refractivity (Wildman–Crippen MR) is 108 cm³/mol. The summed E-state index contributed by atoms with van der Waals surface area (Å²) in [5.41, 5.74) is 18.5. The molecule has 9 heteroatoms. The molecular formula is C18H27N7O2. The van der Waals surface area contributed by atoms with Crippen LogP contribution >= 0.6 is 0 Å². The highest BCUT2D eigenvalue weighted by molar-refractivity contribution is 6.67. The largest absolute Gasteiger partial charge is 0.368 e. The second-order valence-electron chi connectivity index (χ2n) is 6.66. The first-order valence-electron chi connectivity index (χ1n) is 8.45. The number of aryl methyl sites for hydroxylation is 2. The first kappa shape index (κ1) is 21.8. The Bertz CT molecular complexity index is 797. The van der Waals surface area contributed by atoms with Crippen LogP contribution in [0.25, 0.3) is 0 Å². The van der Waals surface area contributed by atoms with E-state index < -0.39 is 23.6 Å². The molecule has 0 aliphatic rings. The van der Waals surface area contributed by atoms with Crippen LogP contribution in [0.5, 0.6) is 0 Å². The average molecular weight is 373 g/mol. The highest BCUT2D eigenvalue weighted by Gasteiger charge is 2.18. The quantitative estimate of drug-likeness (QED) is 0.352. The topological polar surface area (TPSA) is 173 Å². The molecule has 0 saturated carbocycles. The Balaban J connectivity index is 3.22. The first-order valence-corrected chi connectivity index (χ1v) is 8.45. The van der Waals surface area contributed by atoms with Crippen molar-refractivity contribution in [3.8, 4) is 0 Å². The fourth-order valence-electron chi connectivity index (χ4n) is 2.20. The third kappa shape index (κ3) is 6.89. The highest BCUT2D eigenvalue weighted by atomic mass is 16.1.